The van der Waals surface area contributed by atoms with Gasteiger partial charge in [0.2, 0.25) is 0 Å². The molecule has 8 heterocycles. The number of amides is 3. The lowest BCUT2D eigenvalue weighted by Gasteiger charge is -2.12. The van der Waals surface area contributed by atoms with Crippen molar-refractivity contribution in [2.24, 2.45) is 5.92 Å². The Morgan fingerprint density at radius 3 is 1.47 bits per heavy atom. The number of hydrogen-bond acceptors (Lipinski definition) is 13. The fourth-order valence-electron chi connectivity index (χ4n) is 9.21. The zero-order valence-electron chi connectivity index (χ0n) is 42.7. The number of benzene rings is 3. The highest BCUT2D eigenvalue weighted by Crippen LogP contribution is 2.35. The summed E-state index contributed by atoms with van der Waals surface area (Å²) in [6.45, 7) is 3.23. The van der Waals surface area contributed by atoms with Gasteiger partial charge < -0.3 is 48.6 Å². The molecule has 416 valence electrons. The number of aromatic nitrogens is 11. The van der Waals surface area contributed by atoms with Crippen molar-refractivity contribution in [1.82, 2.24) is 70.5 Å². The first-order valence-electron chi connectivity index (χ1n) is 25.6. The molecule has 10 aromatic rings. The van der Waals surface area contributed by atoms with Gasteiger partial charge in [0.15, 0.2) is 52.4 Å². The second-order valence-corrected chi connectivity index (χ2v) is 18.7. The monoisotopic (exact) mass is 1110 g/mol. The number of aryl methyl sites for hydroxylation is 1. The fraction of sp³-hybridized carbons (Fsp3) is 0.236. The van der Waals surface area contributed by atoms with E-state index in [9.17, 15) is 40.7 Å². The van der Waals surface area contributed by atoms with E-state index in [2.05, 4.69) is 61.0 Å². The third kappa shape index (κ3) is 12.4. The van der Waals surface area contributed by atoms with Gasteiger partial charge >= 0.3 is 0 Å². The average molecular weight is 1120 g/mol. The van der Waals surface area contributed by atoms with E-state index in [1.54, 1.807) is 17.4 Å². The number of nitrogens with one attached hydrogen (secondary N) is 5. The molecule has 1 saturated carbocycles. The normalized spacial score (nSPS) is 13.2. The van der Waals surface area contributed by atoms with Gasteiger partial charge in [0.1, 0.15) is 35.9 Å². The number of rotatable bonds is 15. The molecule has 1 aliphatic carbocycles. The Kier molecular flexibility index (Phi) is 16.7. The van der Waals surface area contributed by atoms with Gasteiger partial charge in [-0.15, -0.1) is 0 Å². The third-order valence-electron chi connectivity index (χ3n) is 13.4. The molecule has 0 unspecified atom stereocenters. The number of imidazole rings is 4. The van der Waals surface area contributed by atoms with Crippen LogP contribution >= 0.6 is 0 Å². The quantitative estimate of drug-likeness (QED) is 0.0473. The average Bonchev–Trinajstić information content (AvgIpc) is 4.34. The molecule has 2 aliphatic rings. The van der Waals surface area contributed by atoms with Crippen LogP contribution in [0.15, 0.2) is 124 Å². The van der Waals surface area contributed by atoms with Gasteiger partial charge in [-0.2, -0.15) is 0 Å². The molecular weight excluding hydrogens is 1070 g/mol. The van der Waals surface area contributed by atoms with Crippen molar-refractivity contribution in [2.45, 2.75) is 51.5 Å². The first kappa shape index (κ1) is 54.5. The van der Waals surface area contributed by atoms with E-state index >= 15 is 0 Å². The molecular formula is C55H48F6N14O6. The summed E-state index contributed by atoms with van der Waals surface area (Å²) in [7, 11) is 0. The first-order valence-corrected chi connectivity index (χ1v) is 25.6. The van der Waals surface area contributed by atoms with Crippen LogP contribution < -0.4 is 10.6 Å². The van der Waals surface area contributed by atoms with E-state index in [-0.39, 0.29) is 69.0 Å². The van der Waals surface area contributed by atoms with Crippen molar-refractivity contribution in [3.05, 3.63) is 163 Å². The van der Waals surface area contributed by atoms with Crippen LogP contribution in [0.5, 0.6) is 0 Å². The highest BCUT2D eigenvalue weighted by Gasteiger charge is 2.26. The summed E-state index contributed by atoms with van der Waals surface area (Å²) in [6.07, 6.45) is 20.8. The van der Waals surface area contributed by atoms with Gasteiger partial charge in [0.25, 0.3) is 17.7 Å². The molecule has 0 spiro atoms. The minimum absolute atomic E-state index is 0.0224. The smallest absolute Gasteiger partial charge is 0.289 e. The van der Waals surface area contributed by atoms with Crippen LogP contribution in [-0.4, -0.2) is 104 Å². The number of carbonyl (C=O) groups is 3. The number of carbonyl (C=O) groups excluding carboxylic acids is 3. The van der Waals surface area contributed by atoms with E-state index < -0.39 is 34.9 Å². The van der Waals surface area contributed by atoms with Crippen LogP contribution in [0, 0.1) is 40.8 Å². The lowest BCUT2D eigenvalue weighted by atomic mass is 10.1. The number of likely N-dealkylation sites (tertiary alicyclic amines) is 1. The van der Waals surface area contributed by atoms with E-state index in [1.807, 2.05) is 10.8 Å². The molecule has 3 amide bonds. The topological polar surface area (TPSA) is 260 Å². The Bertz CT molecular complexity index is 3780. The maximum absolute atomic E-state index is 14.1. The number of H-pyrrole nitrogens is 3. The summed E-state index contributed by atoms with van der Waals surface area (Å²) in [5.74, 6) is -5.89. The standard InChI is InChI=1S/C19H16F2N6O2.C19H18F2N4O2.C17H14F2N4O2/c20-14-4-1-3-12(16(14)21)17-13(10-29-26-17)15-9-24-18(25-15)19(28)23-5-2-7-27-8-6-22-11-27;20-14-7-3-6-12(16(14)21)17-13(10-27-25-17)15-9-22-18(24-15)19(26)23-8-11-4-1-2-5-11;18-12-5-3-4-10(14(12)19)15-11(9-25-22-15)13-8-20-16(21-13)17(24)23-6-1-2-7-23/h1,3-4,6,8-11H,2,5,7H2,(H,23,28)(H,24,25);3,6-7,9-11H,1-2,4-5,8H2,(H,22,24)(H,23,26);3-5,8-9H,1-2,6-7H2,(H,20,21). The van der Waals surface area contributed by atoms with Crippen LogP contribution in [0.1, 0.15) is 76.8 Å². The predicted molar refractivity (Wildman–Crippen MR) is 277 cm³/mol. The van der Waals surface area contributed by atoms with Crippen molar-refractivity contribution >= 4 is 17.7 Å². The molecule has 0 radical (unpaired) electrons. The van der Waals surface area contributed by atoms with E-state index in [4.69, 9.17) is 13.6 Å². The maximum Gasteiger partial charge on any atom is 0.289 e. The number of hydrogen-bond donors (Lipinski definition) is 5. The van der Waals surface area contributed by atoms with Crippen LogP contribution in [0.3, 0.4) is 0 Å². The lowest BCUT2D eigenvalue weighted by Crippen LogP contribution is -2.29. The summed E-state index contributed by atoms with van der Waals surface area (Å²) in [6, 6.07) is 11.4. The van der Waals surface area contributed by atoms with Gasteiger partial charge in [-0.05, 0) is 74.4 Å². The molecule has 3 aromatic carbocycles. The predicted octanol–water partition coefficient (Wildman–Crippen LogP) is 10.2. The summed E-state index contributed by atoms with van der Waals surface area (Å²) < 4.78 is 99.5. The Balaban J connectivity index is 0.000000137. The van der Waals surface area contributed by atoms with Crippen LogP contribution in [0.4, 0.5) is 26.3 Å². The number of halogens is 6. The molecule has 81 heavy (non-hydrogen) atoms. The third-order valence-corrected chi connectivity index (χ3v) is 13.4. The van der Waals surface area contributed by atoms with Crippen LogP contribution in [0.25, 0.3) is 67.5 Å². The van der Waals surface area contributed by atoms with Gasteiger partial charge in [-0.1, -0.05) is 46.5 Å². The molecule has 26 heteroatoms. The Labute approximate surface area is 455 Å². The summed E-state index contributed by atoms with van der Waals surface area (Å²) in [4.78, 5) is 63.5. The SMILES string of the molecule is O=C(NCC1CCCC1)c1ncc(-c2conc2-c2cccc(F)c2F)[nH]1.O=C(NCCCn1ccnc1)c1ncc(-c2conc2-c2cccc(F)c2F)[nH]1.O=C(c1ncc(-c2conc2-c2cccc(F)c2F)[nH]1)N1CCCC1. The molecule has 5 N–H and O–H groups in total. The van der Waals surface area contributed by atoms with Crippen LogP contribution in [-0.2, 0) is 6.54 Å². The summed E-state index contributed by atoms with van der Waals surface area (Å²) in [5, 5.41) is 17.0. The maximum atomic E-state index is 14.1. The number of nitrogens with zero attached hydrogens (tertiary/aromatic N) is 9. The van der Waals surface area contributed by atoms with Crippen molar-refractivity contribution in [1.29, 1.82) is 0 Å². The molecule has 0 atom stereocenters. The second-order valence-electron chi connectivity index (χ2n) is 18.7. The van der Waals surface area contributed by atoms with E-state index in [1.165, 1.54) is 86.6 Å². The summed E-state index contributed by atoms with van der Waals surface area (Å²) >= 11 is 0. The molecule has 20 nitrogen and oxygen atoms in total. The van der Waals surface area contributed by atoms with Crippen molar-refractivity contribution in [2.75, 3.05) is 26.2 Å². The van der Waals surface area contributed by atoms with Gasteiger partial charge in [0.05, 0.1) is 58.7 Å². The number of aromatic amines is 3. The van der Waals surface area contributed by atoms with Crippen molar-refractivity contribution < 1.29 is 54.3 Å². The minimum atomic E-state index is -1.03. The zero-order valence-corrected chi connectivity index (χ0v) is 42.7. The van der Waals surface area contributed by atoms with Gasteiger partial charge in [0, 0.05) is 61.8 Å². The fourth-order valence-corrected chi connectivity index (χ4v) is 9.21. The Hall–Kier alpha value is -9.88. The van der Waals surface area contributed by atoms with Gasteiger partial charge in [-0.3, -0.25) is 14.4 Å². The zero-order chi connectivity index (χ0) is 56.4. The van der Waals surface area contributed by atoms with E-state index in [0.717, 1.165) is 56.8 Å². The second kappa shape index (κ2) is 24.8. The van der Waals surface area contributed by atoms with Gasteiger partial charge in [-0.25, -0.2) is 46.3 Å². The Morgan fingerprint density at radius 1 is 0.568 bits per heavy atom. The van der Waals surface area contributed by atoms with Crippen LogP contribution in [0.2, 0.25) is 0 Å². The highest BCUT2D eigenvalue weighted by molar-refractivity contribution is 5.93. The van der Waals surface area contributed by atoms with E-state index in [0.29, 0.717) is 65.9 Å². The lowest BCUT2D eigenvalue weighted by molar-refractivity contribution is 0.0781. The van der Waals surface area contributed by atoms with Crippen molar-refractivity contribution in [3.63, 3.8) is 0 Å². The molecule has 1 saturated heterocycles. The molecule has 1 aliphatic heterocycles. The largest absolute Gasteiger partial charge is 0.363 e. The van der Waals surface area contributed by atoms with Crippen molar-refractivity contribution in [3.8, 4) is 67.5 Å². The molecule has 12 rings (SSSR count). The molecule has 0 bridgehead atoms. The summed E-state index contributed by atoms with van der Waals surface area (Å²) in [5.41, 5.74) is 2.71. The molecule has 7 aromatic heterocycles. The minimum Gasteiger partial charge on any atom is -0.363 e. The first-order chi connectivity index (χ1) is 39.4. The molecule has 2 fully saturated rings. The Morgan fingerprint density at radius 2 is 1.01 bits per heavy atom. The highest BCUT2D eigenvalue weighted by atomic mass is 19.2.